The summed E-state index contributed by atoms with van der Waals surface area (Å²) in [5, 5.41) is 2.68. The first kappa shape index (κ1) is 16.2. The predicted octanol–water partition coefficient (Wildman–Crippen LogP) is 3.43. The maximum Gasteiger partial charge on any atom is 0.239 e. The minimum Gasteiger partial charge on any atom is -0.325 e. The van der Waals surface area contributed by atoms with Gasteiger partial charge in [0.15, 0.2) is 0 Å². The first-order chi connectivity index (χ1) is 11.5. The van der Waals surface area contributed by atoms with Crippen LogP contribution >= 0.6 is 0 Å². The van der Waals surface area contributed by atoms with E-state index in [1.54, 1.807) is 4.90 Å². The minimum absolute atomic E-state index is 0.196. The largest absolute Gasteiger partial charge is 0.325 e. The van der Waals surface area contributed by atoms with Crippen molar-refractivity contribution >= 4 is 23.2 Å². The van der Waals surface area contributed by atoms with E-state index < -0.39 is 5.92 Å². The van der Waals surface area contributed by atoms with E-state index in [1.165, 1.54) is 24.3 Å². The zero-order valence-corrected chi connectivity index (χ0v) is 13.7. The first-order valence-corrected chi connectivity index (χ1v) is 7.91. The molecule has 1 saturated heterocycles. The summed E-state index contributed by atoms with van der Waals surface area (Å²) in [6.45, 7) is 4.53. The monoisotopic (exact) mass is 326 g/mol. The van der Waals surface area contributed by atoms with Crippen LogP contribution in [-0.4, -0.2) is 18.4 Å². The van der Waals surface area contributed by atoms with Crippen molar-refractivity contribution in [3.63, 3.8) is 0 Å². The van der Waals surface area contributed by atoms with Gasteiger partial charge in [-0.3, -0.25) is 9.59 Å². The van der Waals surface area contributed by atoms with Crippen LogP contribution in [0.15, 0.2) is 42.5 Å². The third kappa shape index (κ3) is 3.15. The van der Waals surface area contributed by atoms with Crippen molar-refractivity contribution in [1.29, 1.82) is 0 Å². The van der Waals surface area contributed by atoms with Gasteiger partial charge in [-0.1, -0.05) is 6.07 Å². The number of anilines is 2. The number of hydrogen-bond donors (Lipinski definition) is 1. The van der Waals surface area contributed by atoms with Crippen LogP contribution in [0.5, 0.6) is 0 Å². The number of rotatable bonds is 3. The predicted molar refractivity (Wildman–Crippen MR) is 91.4 cm³/mol. The lowest BCUT2D eigenvalue weighted by Gasteiger charge is -2.18. The number of nitrogens with one attached hydrogen (secondary N) is 1. The Morgan fingerprint density at radius 3 is 2.50 bits per heavy atom. The number of amides is 2. The van der Waals surface area contributed by atoms with Gasteiger partial charge in [0.1, 0.15) is 11.7 Å². The molecule has 1 unspecified atom stereocenters. The quantitative estimate of drug-likeness (QED) is 0.879. The molecule has 4 nitrogen and oxygen atoms in total. The highest BCUT2D eigenvalue weighted by molar-refractivity contribution is 6.13. The van der Waals surface area contributed by atoms with Crippen LogP contribution in [-0.2, 0) is 9.59 Å². The number of nitrogens with zero attached hydrogens (tertiary/aromatic N) is 1. The smallest absolute Gasteiger partial charge is 0.239 e. The fraction of sp³-hybridized carbons (Fsp3) is 0.263. The lowest BCUT2D eigenvalue weighted by atomic mass is 10.1. The maximum atomic E-state index is 12.9. The molecule has 24 heavy (non-hydrogen) atoms. The highest BCUT2D eigenvalue weighted by atomic mass is 19.1. The molecule has 2 amide bonds. The number of carbonyl (C=O) groups is 2. The van der Waals surface area contributed by atoms with Crippen molar-refractivity contribution in [1.82, 2.24) is 0 Å². The van der Waals surface area contributed by atoms with Gasteiger partial charge in [-0.25, -0.2) is 4.39 Å². The van der Waals surface area contributed by atoms with Crippen LogP contribution in [0.2, 0.25) is 0 Å². The molecule has 0 aliphatic carbocycles. The molecule has 1 aliphatic rings. The van der Waals surface area contributed by atoms with Gasteiger partial charge in [-0.05, 0) is 67.8 Å². The lowest BCUT2D eigenvalue weighted by molar-refractivity contribution is -0.129. The molecule has 5 heteroatoms. The second-order valence-electron chi connectivity index (χ2n) is 6.10. The molecule has 1 fully saturated rings. The van der Waals surface area contributed by atoms with E-state index >= 15 is 0 Å². The number of halogens is 1. The summed E-state index contributed by atoms with van der Waals surface area (Å²) in [5.74, 6) is -1.63. The van der Waals surface area contributed by atoms with Crippen LogP contribution in [0.3, 0.4) is 0 Å². The summed E-state index contributed by atoms with van der Waals surface area (Å²) < 4.78 is 12.9. The summed E-state index contributed by atoms with van der Waals surface area (Å²) in [5.41, 5.74) is 3.58. The van der Waals surface area contributed by atoms with Crippen LogP contribution < -0.4 is 10.2 Å². The van der Waals surface area contributed by atoms with Gasteiger partial charge in [0.05, 0.1) is 0 Å². The van der Waals surface area contributed by atoms with E-state index in [4.69, 9.17) is 0 Å². The van der Waals surface area contributed by atoms with Crippen LogP contribution in [0, 0.1) is 25.6 Å². The van der Waals surface area contributed by atoms with E-state index in [0.29, 0.717) is 18.7 Å². The molecule has 3 rings (SSSR count). The van der Waals surface area contributed by atoms with Crippen molar-refractivity contribution in [2.24, 2.45) is 5.92 Å². The Kier molecular flexibility index (Phi) is 4.34. The molecule has 1 atom stereocenters. The van der Waals surface area contributed by atoms with Crippen LogP contribution in [0.25, 0.3) is 0 Å². The summed E-state index contributed by atoms with van der Waals surface area (Å²) >= 11 is 0. The molecule has 0 saturated carbocycles. The molecule has 124 valence electrons. The van der Waals surface area contributed by atoms with E-state index in [2.05, 4.69) is 5.32 Å². The fourth-order valence-electron chi connectivity index (χ4n) is 2.84. The third-order valence-corrected chi connectivity index (χ3v) is 4.44. The zero-order valence-electron chi connectivity index (χ0n) is 13.7. The number of benzene rings is 2. The van der Waals surface area contributed by atoms with Gasteiger partial charge in [0.25, 0.3) is 0 Å². The second kappa shape index (κ2) is 6.43. The topological polar surface area (TPSA) is 49.4 Å². The highest BCUT2D eigenvalue weighted by Gasteiger charge is 2.37. The van der Waals surface area contributed by atoms with Gasteiger partial charge in [0, 0.05) is 17.9 Å². The van der Waals surface area contributed by atoms with Crippen molar-refractivity contribution < 1.29 is 14.0 Å². The standard InChI is InChI=1S/C19H19FN2O2/c1-12-3-8-16(11-13(12)2)22-10-9-17(19(22)24)18(23)21-15-6-4-14(20)5-7-15/h3-8,11,17H,9-10H2,1-2H3,(H,21,23). The summed E-state index contributed by atoms with van der Waals surface area (Å²) in [4.78, 5) is 26.6. The molecule has 1 aliphatic heterocycles. The third-order valence-electron chi connectivity index (χ3n) is 4.44. The van der Waals surface area contributed by atoms with Gasteiger partial charge >= 0.3 is 0 Å². The normalized spacial score (nSPS) is 17.2. The number of aryl methyl sites for hydroxylation is 2. The van der Waals surface area contributed by atoms with Gasteiger partial charge in [0.2, 0.25) is 11.8 Å². The maximum absolute atomic E-state index is 12.9. The number of carbonyl (C=O) groups excluding carboxylic acids is 2. The highest BCUT2D eigenvalue weighted by Crippen LogP contribution is 2.27. The summed E-state index contributed by atoms with van der Waals surface area (Å²) in [6.07, 6.45) is 0.471. The van der Waals surface area contributed by atoms with Crippen molar-refractivity contribution in [3.8, 4) is 0 Å². The Labute approximate surface area is 140 Å². The lowest BCUT2D eigenvalue weighted by Crippen LogP contribution is -2.33. The molecule has 1 heterocycles. The van der Waals surface area contributed by atoms with Gasteiger partial charge in [-0.15, -0.1) is 0 Å². The van der Waals surface area contributed by atoms with Crippen LogP contribution in [0.4, 0.5) is 15.8 Å². The molecule has 0 aromatic heterocycles. The van der Waals surface area contributed by atoms with E-state index in [1.807, 2.05) is 32.0 Å². The number of hydrogen-bond acceptors (Lipinski definition) is 2. The van der Waals surface area contributed by atoms with Crippen molar-refractivity contribution in [2.45, 2.75) is 20.3 Å². The summed E-state index contributed by atoms with van der Waals surface area (Å²) in [6, 6.07) is 11.3. The Morgan fingerprint density at radius 2 is 1.83 bits per heavy atom. The molecule has 0 bridgehead atoms. The fourth-order valence-corrected chi connectivity index (χ4v) is 2.84. The van der Waals surface area contributed by atoms with Crippen LogP contribution in [0.1, 0.15) is 17.5 Å². The minimum atomic E-state index is -0.711. The Morgan fingerprint density at radius 1 is 1.12 bits per heavy atom. The Hall–Kier alpha value is -2.69. The average molecular weight is 326 g/mol. The first-order valence-electron chi connectivity index (χ1n) is 7.91. The molecular formula is C19H19FN2O2. The van der Waals surface area contributed by atoms with Crippen molar-refractivity contribution in [2.75, 3.05) is 16.8 Å². The molecule has 2 aromatic carbocycles. The Bertz CT molecular complexity index is 786. The van der Waals surface area contributed by atoms with Gasteiger partial charge < -0.3 is 10.2 Å². The SMILES string of the molecule is Cc1ccc(N2CCC(C(=O)Nc3ccc(F)cc3)C2=O)cc1C. The van der Waals surface area contributed by atoms with E-state index in [9.17, 15) is 14.0 Å². The molecule has 0 radical (unpaired) electrons. The molecule has 0 spiro atoms. The van der Waals surface area contributed by atoms with E-state index in [-0.39, 0.29) is 17.6 Å². The second-order valence-corrected chi connectivity index (χ2v) is 6.10. The van der Waals surface area contributed by atoms with Crippen molar-refractivity contribution in [3.05, 3.63) is 59.4 Å². The average Bonchev–Trinajstić information content (AvgIpc) is 2.94. The molecule has 1 N–H and O–H groups in total. The Balaban J connectivity index is 1.72. The zero-order chi connectivity index (χ0) is 17.3. The molecular weight excluding hydrogens is 307 g/mol. The van der Waals surface area contributed by atoms with E-state index in [0.717, 1.165) is 16.8 Å². The summed E-state index contributed by atoms with van der Waals surface area (Å²) in [7, 11) is 0. The molecule has 2 aromatic rings. The van der Waals surface area contributed by atoms with Gasteiger partial charge in [-0.2, -0.15) is 0 Å².